The third-order valence-electron chi connectivity index (χ3n) is 4.31. The minimum absolute atomic E-state index is 0.139. The zero-order valence-corrected chi connectivity index (χ0v) is 19.4. The first kappa shape index (κ1) is 28.4. The number of nitrogens with two attached hydrogens (primary N) is 1. The van der Waals surface area contributed by atoms with Gasteiger partial charge in [-0.2, -0.15) is 13.2 Å². The monoisotopic (exact) mass is 438 g/mol. The Balaban J connectivity index is 0.000000591. The number of ether oxygens (including phenoxy) is 1. The van der Waals surface area contributed by atoms with Crippen LogP contribution in [0.4, 0.5) is 24.5 Å². The Labute approximate surface area is 185 Å². The summed E-state index contributed by atoms with van der Waals surface area (Å²) in [5, 5.41) is 3.06. The molecule has 2 aromatic carbocycles. The fourth-order valence-electron chi connectivity index (χ4n) is 2.55. The van der Waals surface area contributed by atoms with Gasteiger partial charge in [-0.1, -0.05) is 64.3 Å². The van der Waals surface area contributed by atoms with Crippen molar-refractivity contribution in [3.8, 4) is 5.75 Å². The molecule has 31 heavy (non-hydrogen) atoms. The van der Waals surface area contributed by atoms with E-state index in [1.165, 1.54) is 12.5 Å². The van der Waals surface area contributed by atoms with Crippen LogP contribution in [0.15, 0.2) is 49.0 Å². The Kier molecular flexibility index (Phi) is 13.9. The molecule has 6 heteroatoms. The van der Waals surface area contributed by atoms with Crippen LogP contribution in [0.1, 0.15) is 64.5 Å². The van der Waals surface area contributed by atoms with Crippen molar-refractivity contribution in [2.75, 3.05) is 24.7 Å². The highest BCUT2D eigenvalue weighted by atomic mass is 19.4. The summed E-state index contributed by atoms with van der Waals surface area (Å²) in [6.45, 7) is 12.7. The van der Waals surface area contributed by atoms with Crippen molar-refractivity contribution in [3.63, 3.8) is 0 Å². The van der Waals surface area contributed by atoms with Crippen molar-refractivity contribution < 1.29 is 17.9 Å². The number of allylic oxidation sites excluding steroid dienone is 1. The third kappa shape index (κ3) is 11.4. The molecule has 0 aliphatic carbocycles. The van der Waals surface area contributed by atoms with E-state index in [-0.39, 0.29) is 5.69 Å². The van der Waals surface area contributed by atoms with Crippen LogP contribution in [-0.2, 0) is 6.18 Å². The first-order chi connectivity index (χ1) is 14.7. The molecule has 174 valence electrons. The molecule has 0 aromatic heterocycles. The predicted octanol–water partition coefficient (Wildman–Crippen LogP) is 8.03. The molecule has 0 saturated heterocycles. The summed E-state index contributed by atoms with van der Waals surface area (Å²) < 4.78 is 42.3. The first-order valence-corrected chi connectivity index (χ1v) is 10.7. The Morgan fingerprint density at radius 1 is 1.03 bits per heavy atom. The zero-order chi connectivity index (χ0) is 23.9. The number of halogens is 3. The smallest absolute Gasteiger partial charge is 0.416 e. The van der Waals surface area contributed by atoms with Gasteiger partial charge in [0.1, 0.15) is 5.75 Å². The second kappa shape index (κ2) is 15.2. The van der Waals surface area contributed by atoms with E-state index in [0.29, 0.717) is 5.69 Å². The van der Waals surface area contributed by atoms with E-state index in [1.807, 2.05) is 45.0 Å². The number of hydrogen-bond donors (Lipinski definition) is 2. The fourth-order valence-corrected chi connectivity index (χ4v) is 2.55. The highest BCUT2D eigenvalue weighted by Gasteiger charge is 2.30. The van der Waals surface area contributed by atoms with E-state index in [0.717, 1.165) is 54.8 Å². The van der Waals surface area contributed by atoms with Crippen molar-refractivity contribution in [3.05, 3.63) is 60.2 Å². The molecule has 3 nitrogen and oxygen atoms in total. The molecule has 0 heterocycles. The predicted molar refractivity (Wildman–Crippen MR) is 128 cm³/mol. The van der Waals surface area contributed by atoms with Crippen LogP contribution in [0.25, 0.3) is 5.57 Å². The minimum atomic E-state index is -4.34. The van der Waals surface area contributed by atoms with Crippen molar-refractivity contribution in [1.82, 2.24) is 0 Å². The lowest BCUT2D eigenvalue weighted by molar-refractivity contribution is -0.137. The Morgan fingerprint density at radius 2 is 1.65 bits per heavy atom. The Morgan fingerprint density at radius 3 is 2.10 bits per heavy atom. The molecule has 0 aliphatic rings. The molecular weight excluding hydrogens is 401 g/mol. The maximum Gasteiger partial charge on any atom is 0.416 e. The summed E-state index contributed by atoms with van der Waals surface area (Å²) in [6.07, 6.45) is 0.0959. The normalized spacial score (nSPS) is 10.2. The number of unbranched alkanes of at least 4 members (excludes halogenated alkanes) is 3. The minimum Gasteiger partial charge on any atom is -0.497 e. The van der Waals surface area contributed by atoms with Crippen LogP contribution in [0.2, 0.25) is 0 Å². The number of methoxy groups -OCH3 is 1. The number of nitrogen functional groups attached to an aromatic ring is 1. The molecule has 0 spiro atoms. The lowest BCUT2D eigenvalue weighted by Crippen LogP contribution is -2.08. The van der Waals surface area contributed by atoms with Gasteiger partial charge in [-0.3, -0.25) is 0 Å². The maximum absolute atomic E-state index is 12.4. The van der Waals surface area contributed by atoms with Crippen LogP contribution in [0.3, 0.4) is 0 Å². The van der Waals surface area contributed by atoms with Crippen molar-refractivity contribution in [1.29, 1.82) is 0 Å². The largest absolute Gasteiger partial charge is 0.497 e. The second-order valence-corrected chi connectivity index (χ2v) is 6.80. The van der Waals surface area contributed by atoms with Gasteiger partial charge in [0.25, 0.3) is 0 Å². The van der Waals surface area contributed by atoms with Gasteiger partial charge < -0.3 is 15.8 Å². The maximum atomic E-state index is 12.4. The molecule has 0 unspecified atom stereocenters. The average molecular weight is 439 g/mol. The summed E-state index contributed by atoms with van der Waals surface area (Å²) >= 11 is 0. The first-order valence-electron chi connectivity index (χ1n) is 10.7. The molecule has 2 aromatic rings. The van der Waals surface area contributed by atoms with Crippen molar-refractivity contribution in [2.24, 2.45) is 0 Å². The molecule has 0 radical (unpaired) electrons. The number of nitrogens with one attached hydrogen (secondary N) is 1. The van der Waals surface area contributed by atoms with Gasteiger partial charge in [0.2, 0.25) is 0 Å². The quantitative estimate of drug-likeness (QED) is 0.324. The van der Waals surface area contributed by atoms with Crippen LogP contribution in [-0.4, -0.2) is 13.7 Å². The lowest BCUT2D eigenvalue weighted by Gasteiger charge is -2.12. The van der Waals surface area contributed by atoms with E-state index >= 15 is 0 Å². The van der Waals surface area contributed by atoms with Gasteiger partial charge in [-0.15, -0.1) is 0 Å². The average Bonchev–Trinajstić information content (AvgIpc) is 2.75. The molecule has 0 bridgehead atoms. The summed E-state index contributed by atoms with van der Waals surface area (Å²) in [7, 11) is 1.66. The molecular formula is C25H37F3N2O. The third-order valence-corrected chi connectivity index (χ3v) is 4.31. The summed E-state index contributed by atoms with van der Waals surface area (Å²) in [6, 6.07) is 11.3. The second-order valence-electron chi connectivity index (χ2n) is 6.80. The van der Waals surface area contributed by atoms with E-state index < -0.39 is 11.7 Å². The van der Waals surface area contributed by atoms with Gasteiger partial charge in [-0.25, -0.2) is 0 Å². The number of anilines is 2. The molecule has 2 rings (SSSR count). The van der Waals surface area contributed by atoms with Crippen LogP contribution in [0, 0.1) is 0 Å². The molecule has 0 saturated carbocycles. The van der Waals surface area contributed by atoms with Gasteiger partial charge in [-0.05, 0) is 49.2 Å². The highest BCUT2D eigenvalue weighted by molar-refractivity contribution is 5.67. The number of benzene rings is 2. The summed E-state index contributed by atoms with van der Waals surface area (Å²) in [5.74, 6) is 0.884. The topological polar surface area (TPSA) is 47.3 Å². The van der Waals surface area contributed by atoms with Crippen LogP contribution in [0.5, 0.6) is 5.75 Å². The van der Waals surface area contributed by atoms with Gasteiger partial charge in [0.05, 0.1) is 24.0 Å². The number of alkyl halides is 3. The van der Waals surface area contributed by atoms with Gasteiger partial charge >= 0.3 is 6.18 Å². The van der Waals surface area contributed by atoms with Gasteiger partial charge in [0.15, 0.2) is 0 Å². The van der Waals surface area contributed by atoms with E-state index in [9.17, 15) is 13.2 Å². The fraction of sp³-hybridized carbons (Fsp3) is 0.440. The Hall–Kier alpha value is -2.63. The zero-order valence-electron chi connectivity index (χ0n) is 19.4. The lowest BCUT2D eigenvalue weighted by atomic mass is 10.1. The number of rotatable bonds is 8. The van der Waals surface area contributed by atoms with Gasteiger partial charge in [0, 0.05) is 6.54 Å². The van der Waals surface area contributed by atoms with Crippen molar-refractivity contribution in [2.45, 2.75) is 59.6 Å². The standard InChI is InChI=1S/C13H19F3N2.C10H12O.C2H6/c1-2-3-4-5-8-18-12-7-6-10(9-11(12)17)13(14,15)16;1-8(2)9-4-6-10(11-3)7-5-9;1-2/h6-7,9,18H,2-5,8,17H2,1H3;4-7H,1H2,2-3H3;1-2H3. The van der Waals surface area contributed by atoms with Crippen LogP contribution >= 0.6 is 0 Å². The number of hydrogen-bond acceptors (Lipinski definition) is 3. The van der Waals surface area contributed by atoms with E-state index in [2.05, 4.69) is 18.8 Å². The van der Waals surface area contributed by atoms with Crippen LogP contribution < -0.4 is 15.8 Å². The molecule has 0 aliphatic heterocycles. The summed E-state index contributed by atoms with van der Waals surface area (Å²) in [4.78, 5) is 0. The SMILES string of the molecule is C=C(C)c1ccc(OC)cc1.CC.CCCCCCNc1ccc(C(F)(F)F)cc1N. The van der Waals surface area contributed by atoms with E-state index in [1.54, 1.807) is 7.11 Å². The molecule has 0 fully saturated rings. The van der Waals surface area contributed by atoms with Crippen molar-refractivity contribution >= 4 is 16.9 Å². The molecule has 0 amide bonds. The summed E-state index contributed by atoms with van der Waals surface area (Å²) in [5.41, 5.74) is 7.83. The Bertz CT molecular complexity index is 756. The molecule has 3 N–H and O–H groups in total. The molecule has 0 atom stereocenters. The van der Waals surface area contributed by atoms with E-state index in [4.69, 9.17) is 10.5 Å². The highest BCUT2D eigenvalue weighted by Crippen LogP contribution is 2.32.